The van der Waals surface area contributed by atoms with E-state index in [1.165, 1.54) is 5.01 Å². The van der Waals surface area contributed by atoms with Gasteiger partial charge in [-0.2, -0.15) is 0 Å². The molecule has 1 aromatic rings. The van der Waals surface area contributed by atoms with Crippen LogP contribution in [0.1, 0.15) is 25.6 Å². The maximum Gasteiger partial charge on any atom is 0.107 e. The molecule has 0 amide bonds. The number of hydrogen-bond donors (Lipinski definition) is 0. The molecule has 2 heterocycles. The first-order chi connectivity index (χ1) is 6.34. The largest absolute Gasteiger partial charge is 0.297 e. The fraction of sp³-hybridized carbons (Fsp3) is 0.667. The molecular formula is C9H14N2S. The van der Waals surface area contributed by atoms with Gasteiger partial charge >= 0.3 is 0 Å². The summed E-state index contributed by atoms with van der Waals surface area (Å²) < 4.78 is 7.57. The fourth-order valence-electron chi connectivity index (χ4n) is 1.48. The third-order valence-electron chi connectivity index (χ3n) is 2.14. The maximum atomic E-state index is 7.57. The number of piperidine rings is 1. The predicted octanol–water partition coefficient (Wildman–Crippen LogP) is 2.13. The van der Waals surface area contributed by atoms with E-state index in [2.05, 4.69) is 9.88 Å². The van der Waals surface area contributed by atoms with Gasteiger partial charge in [-0.25, -0.2) is 4.98 Å². The van der Waals surface area contributed by atoms with E-state index >= 15 is 0 Å². The van der Waals surface area contributed by atoms with E-state index in [1.807, 2.05) is 11.6 Å². The van der Waals surface area contributed by atoms with Gasteiger partial charge in [0, 0.05) is 12.9 Å². The van der Waals surface area contributed by atoms with Gasteiger partial charge in [-0.05, 0) is 25.9 Å². The van der Waals surface area contributed by atoms with Crippen molar-refractivity contribution in [1.82, 2.24) is 9.88 Å². The van der Waals surface area contributed by atoms with Crippen LogP contribution in [-0.4, -0.2) is 23.0 Å². The second-order valence-electron chi connectivity index (χ2n) is 3.07. The third kappa shape index (κ3) is 2.05. The zero-order valence-electron chi connectivity index (χ0n) is 8.07. The lowest BCUT2D eigenvalue weighted by atomic mass is 10.1. The number of hydrogen-bond acceptors (Lipinski definition) is 3. The second-order valence-corrected chi connectivity index (χ2v) is 4.05. The highest BCUT2D eigenvalue weighted by atomic mass is 32.1. The minimum Gasteiger partial charge on any atom is -0.297 e. The van der Waals surface area contributed by atoms with Gasteiger partial charge in [-0.3, -0.25) is 4.90 Å². The summed E-state index contributed by atoms with van der Waals surface area (Å²) in [7, 11) is 0. The van der Waals surface area contributed by atoms with Crippen LogP contribution >= 0.6 is 11.3 Å². The van der Waals surface area contributed by atoms with Crippen LogP contribution in [0.3, 0.4) is 0 Å². The van der Waals surface area contributed by atoms with Crippen LogP contribution in [-0.2, 0) is 6.54 Å². The van der Waals surface area contributed by atoms with E-state index in [4.69, 9.17) is 1.37 Å². The molecule has 1 aliphatic heterocycles. The highest BCUT2D eigenvalue weighted by Gasteiger charge is 2.10. The van der Waals surface area contributed by atoms with Gasteiger partial charge in [0.25, 0.3) is 0 Å². The minimum atomic E-state index is 0.174. The molecule has 0 unspecified atom stereocenters. The molecule has 2 nitrogen and oxygen atoms in total. The molecule has 1 aromatic heterocycles. The van der Waals surface area contributed by atoms with Crippen molar-refractivity contribution in [2.24, 2.45) is 0 Å². The zero-order chi connectivity index (χ0) is 9.10. The number of aromatic nitrogens is 1. The lowest BCUT2D eigenvalue weighted by molar-refractivity contribution is 0.220. The Labute approximate surface area is 78.6 Å². The van der Waals surface area contributed by atoms with E-state index in [0.717, 1.165) is 32.5 Å². The average molecular weight is 183 g/mol. The lowest BCUT2D eigenvalue weighted by Crippen LogP contribution is -2.28. The molecule has 2 rings (SSSR count). The molecule has 0 aliphatic carbocycles. The smallest absolute Gasteiger partial charge is 0.107 e. The van der Waals surface area contributed by atoms with Crippen LogP contribution in [0.15, 0.2) is 11.6 Å². The molecule has 0 radical (unpaired) electrons. The number of likely N-dealkylation sites (tertiary alicyclic amines) is 1. The van der Waals surface area contributed by atoms with Gasteiger partial charge in [0.2, 0.25) is 0 Å². The Morgan fingerprint density at radius 2 is 2.42 bits per heavy atom. The number of thiazole rings is 1. The summed E-state index contributed by atoms with van der Waals surface area (Å²) in [6, 6.07) is 0. The molecule has 0 atom stereocenters. The Balaban J connectivity index is 1.83. The Hall–Kier alpha value is -0.410. The van der Waals surface area contributed by atoms with Crippen molar-refractivity contribution in [2.75, 3.05) is 13.1 Å². The standard InChI is InChI=1S/C9H14N2S/c1-2-5-11(6-3-1)8-9-10-4-7-12-9/h4,7H,1-3,5-6,8H2/i1D. The molecule has 0 N–H and O–H groups in total. The van der Waals surface area contributed by atoms with Crippen molar-refractivity contribution in [3.05, 3.63) is 16.6 Å². The molecule has 0 aromatic carbocycles. The molecule has 0 saturated carbocycles. The molecule has 12 heavy (non-hydrogen) atoms. The highest BCUT2D eigenvalue weighted by molar-refractivity contribution is 7.09. The lowest BCUT2D eigenvalue weighted by Gasteiger charge is -2.25. The van der Waals surface area contributed by atoms with Gasteiger partial charge in [-0.1, -0.05) is 6.40 Å². The average Bonchev–Trinajstić information content (AvgIpc) is 2.62. The van der Waals surface area contributed by atoms with Gasteiger partial charge in [0.15, 0.2) is 0 Å². The Kier molecular flexibility index (Phi) is 2.35. The Morgan fingerprint density at radius 3 is 3.08 bits per heavy atom. The van der Waals surface area contributed by atoms with Gasteiger partial charge in [0.1, 0.15) is 5.01 Å². The zero-order valence-corrected chi connectivity index (χ0v) is 7.89. The molecule has 66 valence electrons. The first-order valence-electron chi connectivity index (χ1n) is 4.95. The Bertz CT molecular complexity index is 242. The molecule has 0 bridgehead atoms. The predicted molar refractivity (Wildman–Crippen MR) is 51.2 cm³/mol. The van der Waals surface area contributed by atoms with Gasteiger partial charge in [-0.15, -0.1) is 11.3 Å². The van der Waals surface area contributed by atoms with Crippen molar-refractivity contribution in [1.29, 1.82) is 0 Å². The third-order valence-corrected chi connectivity index (χ3v) is 2.91. The summed E-state index contributed by atoms with van der Waals surface area (Å²) in [5.41, 5.74) is 0. The van der Waals surface area contributed by atoms with Crippen molar-refractivity contribution < 1.29 is 1.37 Å². The van der Waals surface area contributed by atoms with Crippen molar-refractivity contribution in [2.45, 2.75) is 25.8 Å². The van der Waals surface area contributed by atoms with Crippen molar-refractivity contribution in [3.63, 3.8) is 0 Å². The topological polar surface area (TPSA) is 16.1 Å². The SMILES string of the molecule is [2H]C1CCN(Cc2nccs2)CC1. The normalized spacial score (nSPS) is 22.5. The summed E-state index contributed by atoms with van der Waals surface area (Å²) in [6.07, 6.45) is 4.07. The summed E-state index contributed by atoms with van der Waals surface area (Å²) in [5.74, 6) is 0. The Morgan fingerprint density at radius 1 is 1.58 bits per heavy atom. The second kappa shape index (κ2) is 4.01. The summed E-state index contributed by atoms with van der Waals surface area (Å²) in [4.78, 5) is 6.65. The van der Waals surface area contributed by atoms with Crippen LogP contribution in [0, 0.1) is 0 Å². The van der Waals surface area contributed by atoms with E-state index in [-0.39, 0.29) is 6.40 Å². The molecular weight excluding hydrogens is 168 g/mol. The van der Waals surface area contributed by atoms with Crippen LogP contribution in [0.25, 0.3) is 0 Å². The molecule has 3 heteroatoms. The number of rotatable bonds is 2. The molecule has 1 aliphatic rings. The monoisotopic (exact) mass is 183 g/mol. The molecule has 1 fully saturated rings. The fourth-order valence-corrected chi connectivity index (χ4v) is 2.14. The quantitative estimate of drug-likeness (QED) is 0.698. The van der Waals surface area contributed by atoms with Crippen LogP contribution in [0.5, 0.6) is 0 Å². The first-order valence-corrected chi connectivity index (χ1v) is 5.25. The van der Waals surface area contributed by atoms with Crippen molar-refractivity contribution in [3.8, 4) is 0 Å². The highest BCUT2D eigenvalue weighted by Crippen LogP contribution is 2.13. The van der Waals surface area contributed by atoms with Gasteiger partial charge < -0.3 is 0 Å². The van der Waals surface area contributed by atoms with Crippen LogP contribution < -0.4 is 0 Å². The van der Waals surface area contributed by atoms with E-state index < -0.39 is 0 Å². The summed E-state index contributed by atoms with van der Waals surface area (Å²) >= 11 is 1.72. The van der Waals surface area contributed by atoms with E-state index in [9.17, 15) is 0 Å². The van der Waals surface area contributed by atoms with Gasteiger partial charge in [0.05, 0.1) is 6.54 Å². The molecule has 1 saturated heterocycles. The van der Waals surface area contributed by atoms with Crippen molar-refractivity contribution >= 4 is 11.3 Å². The first kappa shape index (κ1) is 7.04. The number of nitrogens with zero attached hydrogens (tertiary/aromatic N) is 2. The summed E-state index contributed by atoms with van der Waals surface area (Å²) in [5, 5.41) is 3.22. The molecule has 0 spiro atoms. The van der Waals surface area contributed by atoms with E-state index in [1.54, 1.807) is 11.3 Å². The summed E-state index contributed by atoms with van der Waals surface area (Å²) in [6.45, 7) is 3.10. The maximum absolute atomic E-state index is 7.57. The van der Waals surface area contributed by atoms with Crippen LogP contribution in [0.2, 0.25) is 0 Å². The minimum absolute atomic E-state index is 0.174. The van der Waals surface area contributed by atoms with E-state index in [0.29, 0.717) is 0 Å². The van der Waals surface area contributed by atoms with Crippen LogP contribution in [0.4, 0.5) is 0 Å².